The van der Waals surface area contributed by atoms with E-state index in [2.05, 4.69) is 4.98 Å². The molecule has 5 heteroatoms. The quantitative estimate of drug-likeness (QED) is 0.570. The molecule has 5 nitrogen and oxygen atoms in total. The Hall–Kier alpha value is -1.78. The van der Waals surface area contributed by atoms with Gasteiger partial charge in [-0.15, -0.1) is 0 Å². The van der Waals surface area contributed by atoms with Crippen molar-refractivity contribution in [3.8, 4) is 17.3 Å². The maximum Gasteiger partial charge on any atom is 0.327 e. The molecule has 0 aliphatic carbocycles. The molecule has 0 spiro atoms. The van der Waals surface area contributed by atoms with Crippen LogP contribution < -0.4 is 10.8 Å². The minimum atomic E-state index is -0.337. The lowest BCUT2D eigenvalue weighted by Gasteiger charge is -2.19. The summed E-state index contributed by atoms with van der Waals surface area (Å²) in [5.41, 5.74) is 1.50. The van der Waals surface area contributed by atoms with Crippen LogP contribution in [-0.4, -0.2) is 14.1 Å². The van der Waals surface area contributed by atoms with Gasteiger partial charge >= 0.3 is 5.69 Å². The van der Waals surface area contributed by atoms with E-state index in [0.717, 1.165) is 10.1 Å². The molecule has 0 bridgehead atoms. The van der Waals surface area contributed by atoms with E-state index in [-0.39, 0.29) is 11.6 Å². The van der Waals surface area contributed by atoms with Gasteiger partial charge in [0, 0.05) is 20.3 Å². The van der Waals surface area contributed by atoms with E-state index in [4.69, 9.17) is 0 Å². The van der Waals surface area contributed by atoms with Gasteiger partial charge in [0.05, 0.1) is 11.4 Å². The molecule has 0 aromatic rings. The second-order valence-electron chi connectivity index (χ2n) is 3.34. The predicted molar refractivity (Wildman–Crippen MR) is 49.3 cm³/mol. The van der Waals surface area contributed by atoms with Crippen LogP contribution in [0.5, 0.6) is 5.88 Å². The summed E-state index contributed by atoms with van der Waals surface area (Å²) in [6.45, 7) is 1.83. The van der Waals surface area contributed by atoms with Crippen LogP contribution in [0.1, 0.15) is 5.56 Å². The van der Waals surface area contributed by atoms with Crippen molar-refractivity contribution in [2.45, 2.75) is 6.92 Å². The van der Waals surface area contributed by atoms with Crippen molar-refractivity contribution in [1.29, 1.82) is 0 Å². The fourth-order valence-corrected chi connectivity index (χ4v) is 1.62. The second kappa shape index (κ2) is 2.60. The molecule has 0 radical (unpaired) electrons. The monoisotopic (exact) mass is 192 g/mol. The molecule has 0 aromatic heterocycles. The average molecular weight is 192 g/mol. The molecule has 2 heterocycles. The van der Waals surface area contributed by atoms with Gasteiger partial charge in [-0.2, -0.15) is 0 Å². The normalized spacial score (nSPS) is 11.1. The first-order valence-corrected chi connectivity index (χ1v) is 4.22. The molecular weight excluding hydrogens is 182 g/mol. The van der Waals surface area contributed by atoms with Crippen molar-refractivity contribution < 1.29 is 5.11 Å². The Kier molecular flexibility index (Phi) is 1.64. The Morgan fingerprint density at radius 1 is 1.36 bits per heavy atom. The van der Waals surface area contributed by atoms with Crippen LogP contribution >= 0.6 is 0 Å². The van der Waals surface area contributed by atoms with E-state index >= 15 is 0 Å². The third kappa shape index (κ3) is 0.891. The maximum atomic E-state index is 11.6. The highest BCUT2D eigenvalue weighted by atomic mass is 16.3. The molecule has 0 fully saturated rings. The van der Waals surface area contributed by atoms with Gasteiger partial charge in [0.15, 0.2) is 0 Å². The molecule has 0 amide bonds. The van der Waals surface area contributed by atoms with Crippen molar-refractivity contribution in [3.05, 3.63) is 22.2 Å². The van der Waals surface area contributed by atoms with Gasteiger partial charge in [0.2, 0.25) is 0 Å². The summed E-state index contributed by atoms with van der Waals surface area (Å²) in [6, 6.07) is 0. The SMILES string of the molecule is Cc1cnc2c([O-])n(C)c(=O)n(C)c1-2. The summed E-state index contributed by atoms with van der Waals surface area (Å²) in [6.07, 6.45) is 1.60. The minimum Gasteiger partial charge on any atom is -0.858 e. The lowest BCUT2D eigenvalue weighted by molar-refractivity contribution is -0.278. The van der Waals surface area contributed by atoms with E-state index < -0.39 is 0 Å². The van der Waals surface area contributed by atoms with Crippen molar-refractivity contribution >= 4 is 0 Å². The van der Waals surface area contributed by atoms with Crippen molar-refractivity contribution in [2.24, 2.45) is 14.1 Å². The van der Waals surface area contributed by atoms with Crippen molar-refractivity contribution in [2.75, 3.05) is 0 Å². The molecule has 0 N–H and O–H groups in total. The Morgan fingerprint density at radius 2 is 2.00 bits per heavy atom. The van der Waals surface area contributed by atoms with E-state index in [1.807, 2.05) is 6.92 Å². The van der Waals surface area contributed by atoms with Gasteiger partial charge in [-0.1, -0.05) is 0 Å². The number of nitrogens with zero attached hydrogens (tertiary/aromatic N) is 3. The first kappa shape index (κ1) is 8.80. The first-order valence-electron chi connectivity index (χ1n) is 4.22. The third-order valence-corrected chi connectivity index (χ3v) is 2.40. The Balaban J connectivity index is 3.03. The lowest BCUT2D eigenvalue weighted by atomic mass is 10.2. The van der Waals surface area contributed by atoms with Crippen molar-refractivity contribution in [1.82, 2.24) is 14.1 Å². The smallest absolute Gasteiger partial charge is 0.327 e. The number of aryl methyl sites for hydroxylation is 1. The molecule has 0 aromatic carbocycles. The summed E-state index contributed by atoms with van der Waals surface area (Å²) in [5.74, 6) is -0.337. The minimum absolute atomic E-state index is 0.321. The first-order chi connectivity index (χ1) is 6.54. The third-order valence-electron chi connectivity index (χ3n) is 2.40. The molecule has 0 atom stereocenters. The lowest BCUT2D eigenvalue weighted by Crippen LogP contribution is -2.31. The molecule has 74 valence electrons. The zero-order chi connectivity index (χ0) is 10.5. The zero-order valence-corrected chi connectivity index (χ0v) is 8.24. The molecule has 14 heavy (non-hydrogen) atoms. The summed E-state index contributed by atoms with van der Waals surface area (Å²) in [7, 11) is 3.09. The summed E-state index contributed by atoms with van der Waals surface area (Å²) >= 11 is 0. The average Bonchev–Trinajstić information content (AvgIpc) is 2.54. The van der Waals surface area contributed by atoms with Crippen molar-refractivity contribution in [3.63, 3.8) is 0 Å². The van der Waals surface area contributed by atoms with Crippen LogP contribution in [-0.2, 0) is 14.1 Å². The molecule has 2 aliphatic heterocycles. The number of fused-ring (bicyclic) bond motifs is 1. The molecule has 0 unspecified atom stereocenters. The van der Waals surface area contributed by atoms with Gasteiger partial charge in [-0.05, 0) is 18.4 Å². The number of hydrogen-bond donors (Lipinski definition) is 0. The number of aromatic nitrogens is 3. The topological polar surface area (TPSA) is 62.9 Å². The van der Waals surface area contributed by atoms with E-state index in [1.54, 1.807) is 13.2 Å². The maximum absolute atomic E-state index is 11.6. The summed E-state index contributed by atoms with van der Waals surface area (Å²) < 4.78 is 2.51. The molecule has 0 saturated carbocycles. The zero-order valence-electron chi connectivity index (χ0n) is 8.24. The van der Waals surface area contributed by atoms with E-state index in [0.29, 0.717) is 11.4 Å². The van der Waals surface area contributed by atoms with Crippen LogP contribution in [0.4, 0.5) is 0 Å². The fraction of sp³-hybridized carbons (Fsp3) is 0.333. The van der Waals surface area contributed by atoms with Gasteiger partial charge in [0.1, 0.15) is 0 Å². The van der Waals surface area contributed by atoms with Crippen LogP contribution in [0.2, 0.25) is 0 Å². The Labute approximate surface area is 80.6 Å². The number of hydrogen-bond acceptors (Lipinski definition) is 3. The Morgan fingerprint density at radius 3 is 2.64 bits per heavy atom. The highest BCUT2D eigenvalue weighted by Gasteiger charge is 2.15. The Bertz CT molecular complexity index is 524. The summed E-state index contributed by atoms with van der Waals surface area (Å²) in [5, 5.41) is 11.6. The van der Waals surface area contributed by atoms with Gasteiger partial charge in [-0.25, -0.2) is 4.79 Å². The number of rotatable bonds is 0. The second-order valence-corrected chi connectivity index (χ2v) is 3.34. The molecular formula is C9H10N3O2-. The van der Waals surface area contributed by atoms with Gasteiger partial charge in [-0.3, -0.25) is 9.55 Å². The van der Waals surface area contributed by atoms with E-state index in [9.17, 15) is 9.90 Å². The highest BCUT2D eigenvalue weighted by molar-refractivity contribution is 5.65. The predicted octanol–water partition coefficient (Wildman–Crippen LogP) is -0.394. The van der Waals surface area contributed by atoms with Crippen LogP contribution in [0.3, 0.4) is 0 Å². The van der Waals surface area contributed by atoms with E-state index in [1.165, 1.54) is 11.6 Å². The van der Waals surface area contributed by atoms with Gasteiger partial charge < -0.3 is 9.67 Å². The van der Waals surface area contributed by atoms with Crippen LogP contribution in [0, 0.1) is 6.92 Å². The molecule has 2 rings (SSSR count). The van der Waals surface area contributed by atoms with Gasteiger partial charge in [0.25, 0.3) is 0 Å². The molecule has 2 aliphatic rings. The van der Waals surface area contributed by atoms with Crippen LogP contribution in [0.25, 0.3) is 11.4 Å². The van der Waals surface area contributed by atoms with Crippen LogP contribution in [0.15, 0.2) is 11.0 Å². The summed E-state index contributed by atoms with van der Waals surface area (Å²) in [4.78, 5) is 15.5. The standard InChI is InChI=1S/C9H11N3O2/c1-5-4-10-6-7(5)11(2)9(14)12(3)8(6)13/h4,13H,1-3H3/p-1. The molecule has 0 saturated heterocycles. The fourth-order valence-electron chi connectivity index (χ4n) is 1.62. The largest absolute Gasteiger partial charge is 0.858 e. The highest BCUT2D eigenvalue weighted by Crippen LogP contribution is 2.27.